The van der Waals surface area contributed by atoms with Gasteiger partial charge in [-0.1, -0.05) is 24.3 Å². The Labute approximate surface area is 156 Å². The molecule has 0 spiro atoms. The van der Waals surface area contributed by atoms with Crippen molar-refractivity contribution in [1.29, 1.82) is 0 Å². The number of H-pyrrole nitrogens is 1. The Balaban J connectivity index is 1.50. The van der Waals surface area contributed by atoms with Gasteiger partial charge in [0, 0.05) is 17.5 Å². The van der Waals surface area contributed by atoms with Crippen molar-refractivity contribution in [3.63, 3.8) is 0 Å². The van der Waals surface area contributed by atoms with Crippen LogP contribution in [0.5, 0.6) is 5.75 Å². The van der Waals surface area contributed by atoms with Crippen LogP contribution in [0.3, 0.4) is 0 Å². The fourth-order valence-electron chi connectivity index (χ4n) is 3.70. The number of hydrogen-bond acceptors (Lipinski definition) is 4. The Bertz CT molecular complexity index is 1070. The second-order valence-corrected chi connectivity index (χ2v) is 6.78. The van der Waals surface area contributed by atoms with Crippen LogP contribution < -0.4 is 15.6 Å². The van der Waals surface area contributed by atoms with Crippen LogP contribution >= 0.6 is 0 Å². The minimum atomic E-state index is -0.252. The molecule has 0 radical (unpaired) electrons. The molecular formula is C21H21N3O3. The van der Waals surface area contributed by atoms with Gasteiger partial charge in [0.25, 0.3) is 5.56 Å². The van der Waals surface area contributed by atoms with Gasteiger partial charge in [-0.25, -0.2) is 5.10 Å². The zero-order valence-electron chi connectivity index (χ0n) is 15.2. The van der Waals surface area contributed by atoms with Crippen molar-refractivity contribution in [3.05, 3.63) is 69.1 Å². The predicted octanol–water partition coefficient (Wildman–Crippen LogP) is 2.28. The smallest absolute Gasteiger partial charge is 0.272 e. The number of aromatic nitrogens is 2. The molecule has 0 saturated carbocycles. The zero-order chi connectivity index (χ0) is 18.8. The number of amides is 1. The highest BCUT2D eigenvalue weighted by atomic mass is 16.5. The van der Waals surface area contributed by atoms with Gasteiger partial charge in [-0.15, -0.1) is 0 Å². The molecule has 4 rings (SSSR count). The molecule has 1 aliphatic carbocycles. The lowest BCUT2D eigenvalue weighted by atomic mass is 10.0. The second kappa shape index (κ2) is 7.23. The molecule has 2 N–H and O–H groups in total. The summed E-state index contributed by atoms with van der Waals surface area (Å²) in [7, 11) is 1.65. The number of rotatable bonds is 5. The normalized spacial score (nSPS) is 12.8. The van der Waals surface area contributed by atoms with Crippen molar-refractivity contribution in [1.82, 2.24) is 15.5 Å². The number of aromatic amines is 1. The van der Waals surface area contributed by atoms with Crippen LogP contribution in [0.25, 0.3) is 10.8 Å². The summed E-state index contributed by atoms with van der Waals surface area (Å²) in [6.07, 6.45) is 3.43. The van der Waals surface area contributed by atoms with Gasteiger partial charge in [0.05, 0.1) is 24.6 Å². The number of carbonyl (C=O) groups is 1. The first-order valence-electron chi connectivity index (χ1n) is 9.07. The van der Waals surface area contributed by atoms with E-state index in [0.717, 1.165) is 24.2 Å². The topological polar surface area (TPSA) is 84.1 Å². The van der Waals surface area contributed by atoms with Crippen LogP contribution in [0.2, 0.25) is 0 Å². The molecule has 138 valence electrons. The molecule has 0 aliphatic heterocycles. The van der Waals surface area contributed by atoms with Gasteiger partial charge >= 0.3 is 0 Å². The number of methoxy groups -OCH3 is 1. The summed E-state index contributed by atoms with van der Waals surface area (Å²) in [6, 6.07) is 11.4. The number of fused-ring (bicyclic) bond motifs is 2. The highest BCUT2D eigenvalue weighted by Gasteiger charge is 2.16. The van der Waals surface area contributed by atoms with E-state index in [4.69, 9.17) is 4.74 Å². The predicted molar refractivity (Wildman–Crippen MR) is 103 cm³/mol. The van der Waals surface area contributed by atoms with Crippen LogP contribution in [0.15, 0.2) is 41.2 Å². The van der Waals surface area contributed by atoms with Crippen LogP contribution in [0.4, 0.5) is 0 Å². The molecular weight excluding hydrogens is 342 g/mol. The van der Waals surface area contributed by atoms with E-state index in [1.165, 1.54) is 17.5 Å². The zero-order valence-corrected chi connectivity index (χ0v) is 15.2. The minimum absolute atomic E-state index is 0.102. The van der Waals surface area contributed by atoms with Gasteiger partial charge in [-0.3, -0.25) is 9.59 Å². The lowest BCUT2D eigenvalue weighted by Gasteiger charge is -2.13. The summed E-state index contributed by atoms with van der Waals surface area (Å²) >= 11 is 0. The monoisotopic (exact) mass is 363 g/mol. The van der Waals surface area contributed by atoms with E-state index in [-0.39, 0.29) is 17.9 Å². The summed E-state index contributed by atoms with van der Waals surface area (Å²) in [4.78, 5) is 24.3. The van der Waals surface area contributed by atoms with Crippen LogP contribution in [-0.2, 0) is 30.6 Å². The van der Waals surface area contributed by atoms with Gasteiger partial charge in [0.2, 0.25) is 5.91 Å². The Kier molecular flexibility index (Phi) is 4.62. The van der Waals surface area contributed by atoms with E-state index in [1.807, 2.05) is 12.1 Å². The number of aryl methyl sites for hydroxylation is 2. The molecule has 0 fully saturated rings. The quantitative estimate of drug-likeness (QED) is 0.728. The molecule has 1 aromatic heterocycles. The number of carbonyl (C=O) groups excluding carboxylic acids is 1. The van der Waals surface area contributed by atoms with Crippen LogP contribution in [0.1, 0.15) is 28.8 Å². The second-order valence-electron chi connectivity index (χ2n) is 6.78. The van der Waals surface area contributed by atoms with Crippen molar-refractivity contribution < 1.29 is 9.53 Å². The first kappa shape index (κ1) is 17.3. The average molecular weight is 363 g/mol. The molecule has 0 atom stereocenters. The number of hydrogen-bond donors (Lipinski definition) is 2. The van der Waals surface area contributed by atoms with Crippen molar-refractivity contribution in [2.75, 3.05) is 7.11 Å². The number of ether oxygens (including phenoxy) is 1. The molecule has 6 heteroatoms. The maximum atomic E-state index is 12.5. The molecule has 27 heavy (non-hydrogen) atoms. The lowest BCUT2D eigenvalue weighted by molar-refractivity contribution is -0.120. The van der Waals surface area contributed by atoms with Crippen LogP contribution in [0, 0.1) is 0 Å². The third kappa shape index (κ3) is 3.43. The van der Waals surface area contributed by atoms with E-state index in [9.17, 15) is 9.59 Å². The van der Waals surface area contributed by atoms with E-state index in [2.05, 4.69) is 27.6 Å². The van der Waals surface area contributed by atoms with Gasteiger partial charge in [-0.05, 0) is 42.5 Å². The molecule has 6 nitrogen and oxygen atoms in total. The van der Waals surface area contributed by atoms with Crippen molar-refractivity contribution in [3.8, 4) is 5.75 Å². The molecule has 0 saturated heterocycles. The average Bonchev–Trinajstić information content (AvgIpc) is 3.15. The van der Waals surface area contributed by atoms with Gasteiger partial charge < -0.3 is 10.1 Å². The van der Waals surface area contributed by atoms with E-state index < -0.39 is 0 Å². The third-order valence-electron chi connectivity index (χ3n) is 5.07. The van der Waals surface area contributed by atoms with Gasteiger partial charge in [-0.2, -0.15) is 5.10 Å². The molecule has 1 amide bonds. The summed E-state index contributed by atoms with van der Waals surface area (Å²) in [6.45, 7) is 0.399. The van der Waals surface area contributed by atoms with Crippen molar-refractivity contribution in [2.24, 2.45) is 0 Å². The summed E-state index contributed by atoms with van der Waals surface area (Å²) in [5, 5.41) is 10.7. The van der Waals surface area contributed by atoms with E-state index in [0.29, 0.717) is 23.0 Å². The molecule has 0 bridgehead atoms. The number of benzene rings is 2. The van der Waals surface area contributed by atoms with E-state index in [1.54, 1.807) is 19.2 Å². The highest BCUT2D eigenvalue weighted by Crippen LogP contribution is 2.29. The highest BCUT2D eigenvalue weighted by molar-refractivity contribution is 5.88. The first-order valence-corrected chi connectivity index (χ1v) is 9.07. The van der Waals surface area contributed by atoms with Gasteiger partial charge in [0.1, 0.15) is 5.75 Å². The number of nitrogens with zero attached hydrogens (tertiary/aromatic N) is 1. The molecule has 3 aromatic rings. The largest absolute Gasteiger partial charge is 0.496 e. The number of nitrogens with one attached hydrogen (secondary N) is 2. The first-order chi connectivity index (χ1) is 13.2. The fourth-order valence-corrected chi connectivity index (χ4v) is 3.70. The summed E-state index contributed by atoms with van der Waals surface area (Å²) in [5.41, 5.74) is 3.96. The Morgan fingerprint density at radius 2 is 1.93 bits per heavy atom. The molecule has 1 aliphatic rings. The third-order valence-corrected chi connectivity index (χ3v) is 5.07. The maximum absolute atomic E-state index is 12.5. The Hall–Kier alpha value is -3.15. The minimum Gasteiger partial charge on any atom is -0.496 e. The SMILES string of the molecule is COc1cc2c(cc1CNC(=O)Cc1n[nH]c(=O)c3ccccc13)CCC2. The van der Waals surface area contributed by atoms with E-state index >= 15 is 0 Å². The van der Waals surface area contributed by atoms with Crippen molar-refractivity contribution >= 4 is 16.7 Å². The molecule has 0 unspecified atom stereocenters. The lowest BCUT2D eigenvalue weighted by Crippen LogP contribution is -2.26. The summed E-state index contributed by atoms with van der Waals surface area (Å²) in [5.74, 6) is 0.658. The molecule has 1 heterocycles. The molecule has 2 aromatic carbocycles. The van der Waals surface area contributed by atoms with Crippen molar-refractivity contribution in [2.45, 2.75) is 32.2 Å². The van der Waals surface area contributed by atoms with Gasteiger partial charge in [0.15, 0.2) is 0 Å². The Morgan fingerprint density at radius 1 is 1.19 bits per heavy atom. The standard InChI is InChI=1S/C21H21N3O3/c1-27-19-10-14-6-4-5-13(14)9-15(19)12-22-20(25)11-18-16-7-2-3-8-17(16)21(26)24-23-18/h2-3,7-10H,4-6,11-12H2,1H3,(H,22,25)(H,24,26). The maximum Gasteiger partial charge on any atom is 0.272 e. The van der Waals surface area contributed by atoms with Crippen LogP contribution in [-0.4, -0.2) is 23.2 Å². The fraction of sp³-hybridized carbons (Fsp3) is 0.286. The summed E-state index contributed by atoms with van der Waals surface area (Å²) < 4.78 is 5.49. The Morgan fingerprint density at radius 3 is 2.70 bits per heavy atom.